The third-order valence-corrected chi connectivity index (χ3v) is 1.57. The lowest BCUT2D eigenvalue weighted by atomic mass is 10.3. The topological polar surface area (TPSA) is 34.0 Å². The molecule has 2 heterocycles. The average Bonchev–Trinajstić information content (AvgIpc) is 2.35. The Morgan fingerprint density at radius 1 is 1.50 bits per heavy atom. The van der Waals surface area contributed by atoms with Crippen molar-refractivity contribution < 1.29 is 4.74 Å². The second-order valence-corrected chi connectivity index (χ2v) is 2.49. The number of hydrogen-bond donors (Lipinski definition) is 0. The summed E-state index contributed by atoms with van der Waals surface area (Å²) < 4.78 is 5.40. The Balaban J connectivity index is 2.45. The first-order valence-corrected chi connectivity index (χ1v) is 3.29. The van der Waals surface area contributed by atoms with Gasteiger partial charge in [0.05, 0.1) is 0 Å². The van der Waals surface area contributed by atoms with E-state index in [0.717, 1.165) is 17.2 Å². The Labute approximate surface area is 59.1 Å². The highest BCUT2D eigenvalue weighted by atomic mass is 16.5. The van der Waals surface area contributed by atoms with Crippen LogP contribution in [0.3, 0.4) is 0 Å². The van der Waals surface area contributed by atoms with Gasteiger partial charge >= 0.3 is 0 Å². The van der Waals surface area contributed by atoms with Crippen molar-refractivity contribution in [3.63, 3.8) is 0 Å². The Bertz CT molecular complexity index is 263. The monoisotopic (exact) mass is 136 g/mol. The van der Waals surface area contributed by atoms with Crippen molar-refractivity contribution in [2.75, 3.05) is 0 Å². The lowest BCUT2D eigenvalue weighted by molar-refractivity contribution is 0.194. The number of azo groups is 1. The van der Waals surface area contributed by atoms with Gasteiger partial charge in [0.2, 0.25) is 0 Å². The molecule has 0 aliphatic carbocycles. The van der Waals surface area contributed by atoms with E-state index >= 15 is 0 Å². The Kier molecular flexibility index (Phi) is 0.952. The van der Waals surface area contributed by atoms with E-state index in [2.05, 4.69) is 10.2 Å². The van der Waals surface area contributed by atoms with Crippen molar-refractivity contribution >= 4 is 0 Å². The maximum Gasteiger partial charge on any atom is 0.170 e. The molecule has 3 nitrogen and oxygen atoms in total. The molecule has 1 atom stereocenters. The fraction of sp³-hybridized carbons (Fsp3) is 0.429. The van der Waals surface area contributed by atoms with Gasteiger partial charge in [0.25, 0.3) is 0 Å². The van der Waals surface area contributed by atoms with Crippen molar-refractivity contribution in [2.24, 2.45) is 10.2 Å². The summed E-state index contributed by atoms with van der Waals surface area (Å²) in [5.74, 6) is 0.854. The van der Waals surface area contributed by atoms with E-state index in [1.165, 1.54) is 0 Å². The average molecular weight is 136 g/mol. The van der Waals surface area contributed by atoms with Crippen LogP contribution in [0.2, 0.25) is 0 Å². The molecule has 0 fully saturated rings. The van der Waals surface area contributed by atoms with Crippen molar-refractivity contribution in [3.8, 4) is 0 Å². The molecule has 1 unspecified atom stereocenters. The SMILES string of the molecule is CC1=C2OC(C)C=C2N=N1. The van der Waals surface area contributed by atoms with Crippen molar-refractivity contribution in [1.29, 1.82) is 0 Å². The molecule has 2 aliphatic rings. The largest absolute Gasteiger partial charge is 0.482 e. The molecule has 0 radical (unpaired) electrons. The first kappa shape index (κ1) is 5.65. The van der Waals surface area contributed by atoms with Crippen LogP contribution < -0.4 is 0 Å². The minimum Gasteiger partial charge on any atom is -0.482 e. The Morgan fingerprint density at radius 3 is 3.00 bits per heavy atom. The molecule has 0 aromatic carbocycles. The molecule has 0 aromatic rings. The second kappa shape index (κ2) is 1.68. The zero-order chi connectivity index (χ0) is 7.14. The van der Waals surface area contributed by atoms with E-state index in [4.69, 9.17) is 4.74 Å². The quantitative estimate of drug-likeness (QED) is 0.501. The number of allylic oxidation sites excluding steroid dienone is 1. The fourth-order valence-electron chi connectivity index (χ4n) is 1.10. The summed E-state index contributed by atoms with van der Waals surface area (Å²) in [6.07, 6.45) is 2.13. The van der Waals surface area contributed by atoms with Crippen molar-refractivity contribution in [3.05, 3.63) is 23.2 Å². The molecule has 0 saturated carbocycles. The van der Waals surface area contributed by atoms with E-state index in [1.54, 1.807) is 0 Å². The van der Waals surface area contributed by atoms with E-state index in [-0.39, 0.29) is 6.10 Å². The number of rotatable bonds is 0. The lowest BCUT2D eigenvalue weighted by Crippen LogP contribution is -1.95. The van der Waals surface area contributed by atoms with Gasteiger partial charge in [0.1, 0.15) is 17.5 Å². The standard InChI is InChI=1S/C7H8N2O/c1-4-3-6-7(10-4)5(2)8-9-6/h3-4H,1-2H3. The van der Waals surface area contributed by atoms with Gasteiger partial charge in [-0.2, -0.15) is 5.11 Å². The summed E-state index contributed by atoms with van der Waals surface area (Å²) in [4.78, 5) is 0. The minimum absolute atomic E-state index is 0.166. The second-order valence-electron chi connectivity index (χ2n) is 2.49. The van der Waals surface area contributed by atoms with Gasteiger partial charge in [-0.1, -0.05) is 0 Å². The summed E-state index contributed by atoms with van der Waals surface area (Å²) in [5, 5.41) is 7.78. The predicted octanol–water partition coefficient (Wildman–Crippen LogP) is 1.99. The van der Waals surface area contributed by atoms with Crippen LogP contribution in [0.4, 0.5) is 0 Å². The first-order chi connectivity index (χ1) is 4.77. The predicted molar refractivity (Wildman–Crippen MR) is 36.2 cm³/mol. The molecule has 0 aromatic heterocycles. The van der Waals surface area contributed by atoms with E-state index in [9.17, 15) is 0 Å². The maximum absolute atomic E-state index is 5.40. The number of nitrogens with zero attached hydrogens (tertiary/aromatic N) is 2. The van der Waals surface area contributed by atoms with Crippen LogP contribution in [-0.2, 0) is 4.74 Å². The molecular formula is C7H8N2O. The molecule has 2 aliphatic heterocycles. The van der Waals surface area contributed by atoms with Gasteiger partial charge in [0.15, 0.2) is 5.76 Å². The van der Waals surface area contributed by atoms with Crippen LogP contribution in [0.5, 0.6) is 0 Å². The fourth-order valence-corrected chi connectivity index (χ4v) is 1.10. The third-order valence-electron chi connectivity index (χ3n) is 1.57. The van der Waals surface area contributed by atoms with Crippen LogP contribution >= 0.6 is 0 Å². The van der Waals surface area contributed by atoms with Crippen LogP contribution in [0.1, 0.15) is 13.8 Å². The van der Waals surface area contributed by atoms with Gasteiger partial charge < -0.3 is 4.74 Å². The maximum atomic E-state index is 5.40. The zero-order valence-corrected chi connectivity index (χ0v) is 5.96. The van der Waals surface area contributed by atoms with Crippen LogP contribution in [-0.4, -0.2) is 6.10 Å². The smallest absolute Gasteiger partial charge is 0.170 e. The van der Waals surface area contributed by atoms with Gasteiger partial charge in [-0.25, -0.2) is 0 Å². The first-order valence-electron chi connectivity index (χ1n) is 3.29. The molecule has 0 spiro atoms. The van der Waals surface area contributed by atoms with Crippen molar-refractivity contribution in [1.82, 2.24) is 0 Å². The van der Waals surface area contributed by atoms with Crippen LogP contribution in [0.25, 0.3) is 0 Å². The van der Waals surface area contributed by atoms with Crippen molar-refractivity contribution in [2.45, 2.75) is 20.0 Å². The van der Waals surface area contributed by atoms with Gasteiger partial charge in [-0.3, -0.25) is 0 Å². The summed E-state index contributed by atoms with van der Waals surface area (Å²) in [6, 6.07) is 0. The highest BCUT2D eigenvalue weighted by Gasteiger charge is 2.24. The normalized spacial score (nSPS) is 28.6. The third kappa shape index (κ3) is 0.602. The zero-order valence-electron chi connectivity index (χ0n) is 5.96. The minimum atomic E-state index is 0.166. The molecular weight excluding hydrogens is 128 g/mol. The lowest BCUT2D eigenvalue weighted by Gasteiger charge is -2.01. The molecule has 0 bridgehead atoms. The molecule has 10 heavy (non-hydrogen) atoms. The number of ether oxygens (including phenoxy) is 1. The number of fused-ring (bicyclic) bond motifs is 1. The van der Waals surface area contributed by atoms with Gasteiger partial charge in [-0.15, -0.1) is 5.11 Å². The van der Waals surface area contributed by atoms with Gasteiger partial charge in [-0.05, 0) is 19.9 Å². The summed E-state index contributed by atoms with van der Waals surface area (Å²) in [7, 11) is 0. The molecule has 0 saturated heterocycles. The molecule has 0 amide bonds. The molecule has 2 rings (SSSR count). The molecule has 3 heteroatoms. The summed E-state index contributed by atoms with van der Waals surface area (Å²) in [5.41, 5.74) is 1.78. The van der Waals surface area contributed by atoms with E-state index in [1.807, 2.05) is 19.9 Å². The molecule has 0 N–H and O–H groups in total. The Morgan fingerprint density at radius 2 is 2.30 bits per heavy atom. The molecule has 52 valence electrons. The van der Waals surface area contributed by atoms with E-state index < -0.39 is 0 Å². The highest BCUT2D eigenvalue weighted by molar-refractivity contribution is 5.36. The summed E-state index contributed by atoms with van der Waals surface area (Å²) >= 11 is 0. The Hall–Kier alpha value is -1.12. The summed E-state index contributed by atoms with van der Waals surface area (Å²) in [6.45, 7) is 3.89. The highest BCUT2D eigenvalue weighted by Crippen LogP contribution is 2.32. The van der Waals surface area contributed by atoms with E-state index in [0.29, 0.717) is 0 Å². The van der Waals surface area contributed by atoms with Crippen LogP contribution in [0, 0.1) is 0 Å². The number of hydrogen-bond acceptors (Lipinski definition) is 3. The van der Waals surface area contributed by atoms with Crippen LogP contribution in [0.15, 0.2) is 33.5 Å². The van der Waals surface area contributed by atoms with Gasteiger partial charge in [0, 0.05) is 0 Å².